The Hall–Kier alpha value is -1.06. The van der Waals surface area contributed by atoms with Crippen molar-refractivity contribution in [3.8, 4) is 0 Å². The molecule has 100 valence electrons. The molecule has 0 amide bonds. The predicted molar refractivity (Wildman–Crippen MR) is 82.2 cm³/mol. The van der Waals surface area contributed by atoms with E-state index in [1.165, 1.54) is 37.1 Å². The third kappa shape index (κ3) is 3.28. The highest BCUT2D eigenvalue weighted by Gasteiger charge is 2.21. The van der Waals surface area contributed by atoms with Gasteiger partial charge in [0.25, 0.3) is 0 Å². The SMILES string of the molecule is Brc1cc(C2CCN(Cc3ccccc3)CC2)c[nH]1. The maximum Gasteiger partial charge on any atom is 0.0822 e. The van der Waals surface area contributed by atoms with Crippen molar-refractivity contribution in [2.75, 3.05) is 13.1 Å². The number of aromatic amines is 1. The Morgan fingerprint density at radius 1 is 1.16 bits per heavy atom. The summed E-state index contributed by atoms with van der Waals surface area (Å²) in [6.45, 7) is 3.48. The van der Waals surface area contributed by atoms with Crippen LogP contribution in [0.3, 0.4) is 0 Å². The van der Waals surface area contributed by atoms with Crippen molar-refractivity contribution in [1.29, 1.82) is 0 Å². The lowest BCUT2D eigenvalue weighted by Gasteiger charge is -2.31. The van der Waals surface area contributed by atoms with Crippen molar-refractivity contribution in [2.24, 2.45) is 0 Å². The first-order valence-electron chi connectivity index (χ1n) is 6.91. The lowest BCUT2D eigenvalue weighted by atomic mass is 9.91. The molecule has 2 nitrogen and oxygen atoms in total. The summed E-state index contributed by atoms with van der Waals surface area (Å²) in [5, 5.41) is 0. The van der Waals surface area contributed by atoms with E-state index in [0.717, 1.165) is 17.1 Å². The summed E-state index contributed by atoms with van der Waals surface area (Å²) in [5.41, 5.74) is 2.87. The number of H-pyrrole nitrogens is 1. The highest BCUT2D eigenvalue weighted by molar-refractivity contribution is 9.10. The van der Waals surface area contributed by atoms with Crippen LogP contribution in [0, 0.1) is 0 Å². The quantitative estimate of drug-likeness (QED) is 0.900. The van der Waals surface area contributed by atoms with Crippen LogP contribution in [0.2, 0.25) is 0 Å². The Balaban J connectivity index is 1.55. The molecular formula is C16H19BrN2. The van der Waals surface area contributed by atoms with E-state index in [1.54, 1.807) is 0 Å². The number of benzene rings is 1. The van der Waals surface area contributed by atoms with Crippen molar-refractivity contribution in [3.63, 3.8) is 0 Å². The summed E-state index contributed by atoms with van der Waals surface area (Å²) in [4.78, 5) is 5.78. The number of nitrogens with one attached hydrogen (secondary N) is 1. The lowest BCUT2D eigenvalue weighted by Crippen LogP contribution is -2.32. The first-order chi connectivity index (χ1) is 9.31. The molecule has 0 atom stereocenters. The molecule has 1 aliphatic heterocycles. The van der Waals surface area contributed by atoms with Crippen molar-refractivity contribution in [3.05, 3.63) is 58.3 Å². The number of piperidine rings is 1. The van der Waals surface area contributed by atoms with E-state index >= 15 is 0 Å². The van der Waals surface area contributed by atoms with Crippen molar-refractivity contribution >= 4 is 15.9 Å². The zero-order valence-electron chi connectivity index (χ0n) is 11.0. The molecule has 1 aromatic heterocycles. The second-order valence-electron chi connectivity index (χ2n) is 5.32. The molecule has 0 unspecified atom stereocenters. The fourth-order valence-corrected chi connectivity index (χ4v) is 3.26. The standard InChI is InChI=1S/C16H19BrN2/c17-16-10-15(11-18-16)14-6-8-19(9-7-14)12-13-4-2-1-3-5-13/h1-5,10-11,14,18H,6-9,12H2. The third-order valence-electron chi connectivity index (χ3n) is 3.98. The van der Waals surface area contributed by atoms with Crippen LogP contribution >= 0.6 is 15.9 Å². The third-order valence-corrected chi connectivity index (χ3v) is 4.44. The van der Waals surface area contributed by atoms with E-state index in [4.69, 9.17) is 0 Å². The Kier molecular flexibility index (Phi) is 4.04. The second-order valence-corrected chi connectivity index (χ2v) is 6.17. The number of rotatable bonds is 3. The molecule has 1 N–H and O–H groups in total. The zero-order valence-corrected chi connectivity index (χ0v) is 12.6. The van der Waals surface area contributed by atoms with Gasteiger partial charge in [0.1, 0.15) is 0 Å². The first kappa shape index (κ1) is 12.9. The minimum atomic E-state index is 0.717. The van der Waals surface area contributed by atoms with Gasteiger partial charge in [0.2, 0.25) is 0 Å². The smallest absolute Gasteiger partial charge is 0.0822 e. The van der Waals surface area contributed by atoms with Crippen molar-refractivity contribution in [2.45, 2.75) is 25.3 Å². The minimum Gasteiger partial charge on any atom is -0.356 e. The maximum absolute atomic E-state index is 3.49. The summed E-state index contributed by atoms with van der Waals surface area (Å²) >= 11 is 3.49. The summed E-state index contributed by atoms with van der Waals surface area (Å²) in [6, 6.07) is 13.0. The van der Waals surface area contributed by atoms with Crippen LogP contribution in [0.15, 0.2) is 47.2 Å². The minimum absolute atomic E-state index is 0.717. The Bertz CT molecular complexity index is 513. The lowest BCUT2D eigenvalue weighted by molar-refractivity contribution is 0.204. The molecule has 0 bridgehead atoms. The van der Waals surface area contributed by atoms with Crippen LogP contribution in [0.1, 0.15) is 29.9 Å². The zero-order chi connectivity index (χ0) is 13.1. The largest absolute Gasteiger partial charge is 0.356 e. The summed E-state index contributed by atoms with van der Waals surface area (Å²) < 4.78 is 1.09. The molecule has 3 heteroatoms. The number of halogens is 1. The number of aromatic nitrogens is 1. The second kappa shape index (κ2) is 5.93. The van der Waals surface area contributed by atoms with Crippen molar-refractivity contribution < 1.29 is 0 Å². The molecule has 0 saturated carbocycles. The average molecular weight is 319 g/mol. The molecule has 1 saturated heterocycles. The van der Waals surface area contributed by atoms with Gasteiger partial charge in [-0.2, -0.15) is 0 Å². The molecule has 1 aromatic carbocycles. The van der Waals surface area contributed by atoms with E-state index in [2.05, 4.69) is 68.4 Å². The van der Waals surface area contributed by atoms with Gasteiger partial charge in [0.05, 0.1) is 4.60 Å². The maximum atomic E-state index is 3.49. The van der Waals surface area contributed by atoms with E-state index in [0.29, 0.717) is 0 Å². The number of likely N-dealkylation sites (tertiary alicyclic amines) is 1. The molecule has 2 heterocycles. The Morgan fingerprint density at radius 3 is 2.53 bits per heavy atom. The Morgan fingerprint density at radius 2 is 1.89 bits per heavy atom. The highest BCUT2D eigenvalue weighted by Crippen LogP contribution is 2.29. The topological polar surface area (TPSA) is 19.0 Å². The Labute approximate surface area is 123 Å². The first-order valence-corrected chi connectivity index (χ1v) is 7.70. The number of hydrogen-bond donors (Lipinski definition) is 1. The van der Waals surface area contributed by atoms with Gasteiger partial charge in [0, 0.05) is 12.7 Å². The molecule has 2 aromatic rings. The van der Waals surface area contributed by atoms with Gasteiger partial charge in [-0.25, -0.2) is 0 Å². The van der Waals surface area contributed by atoms with Crippen LogP contribution in [0.25, 0.3) is 0 Å². The van der Waals surface area contributed by atoms with E-state index in [9.17, 15) is 0 Å². The van der Waals surface area contributed by atoms with Gasteiger partial charge in [0.15, 0.2) is 0 Å². The van der Waals surface area contributed by atoms with Crippen LogP contribution in [-0.2, 0) is 6.54 Å². The normalized spacial score (nSPS) is 17.7. The van der Waals surface area contributed by atoms with Crippen LogP contribution in [-0.4, -0.2) is 23.0 Å². The monoisotopic (exact) mass is 318 g/mol. The number of nitrogens with zero attached hydrogens (tertiary/aromatic N) is 1. The van der Waals surface area contributed by atoms with Gasteiger partial charge >= 0.3 is 0 Å². The van der Waals surface area contributed by atoms with Gasteiger partial charge in [-0.15, -0.1) is 0 Å². The van der Waals surface area contributed by atoms with Crippen LogP contribution in [0.5, 0.6) is 0 Å². The predicted octanol–water partition coefficient (Wildman–Crippen LogP) is 4.16. The number of hydrogen-bond acceptors (Lipinski definition) is 1. The highest BCUT2D eigenvalue weighted by atomic mass is 79.9. The van der Waals surface area contributed by atoms with Gasteiger partial charge in [-0.1, -0.05) is 30.3 Å². The fraction of sp³-hybridized carbons (Fsp3) is 0.375. The van der Waals surface area contributed by atoms with Gasteiger partial charge in [-0.3, -0.25) is 4.90 Å². The fourth-order valence-electron chi connectivity index (χ4n) is 2.88. The van der Waals surface area contributed by atoms with Crippen LogP contribution < -0.4 is 0 Å². The molecule has 3 rings (SSSR count). The van der Waals surface area contributed by atoms with E-state index in [-0.39, 0.29) is 0 Å². The molecular weight excluding hydrogens is 300 g/mol. The van der Waals surface area contributed by atoms with Crippen molar-refractivity contribution in [1.82, 2.24) is 9.88 Å². The molecule has 0 aliphatic carbocycles. The average Bonchev–Trinajstić information content (AvgIpc) is 2.87. The van der Waals surface area contributed by atoms with Gasteiger partial charge < -0.3 is 4.98 Å². The summed E-state index contributed by atoms with van der Waals surface area (Å²) in [5.74, 6) is 0.717. The molecule has 1 aliphatic rings. The van der Waals surface area contributed by atoms with E-state index < -0.39 is 0 Å². The summed E-state index contributed by atoms with van der Waals surface area (Å²) in [6.07, 6.45) is 4.66. The molecule has 19 heavy (non-hydrogen) atoms. The van der Waals surface area contributed by atoms with Gasteiger partial charge in [-0.05, 0) is 65.0 Å². The molecule has 0 radical (unpaired) electrons. The molecule has 0 spiro atoms. The van der Waals surface area contributed by atoms with Crippen LogP contribution in [0.4, 0.5) is 0 Å². The van der Waals surface area contributed by atoms with E-state index in [1.807, 2.05) is 0 Å². The molecule has 1 fully saturated rings. The summed E-state index contributed by atoms with van der Waals surface area (Å²) in [7, 11) is 0.